The van der Waals surface area contributed by atoms with Gasteiger partial charge in [-0.05, 0) is 55.8 Å². The van der Waals surface area contributed by atoms with Gasteiger partial charge >= 0.3 is 0 Å². The summed E-state index contributed by atoms with van der Waals surface area (Å²) in [6.45, 7) is 1.15. The summed E-state index contributed by atoms with van der Waals surface area (Å²) in [5, 5.41) is 3.60. The molecule has 0 radical (unpaired) electrons. The second kappa shape index (κ2) is 4.10. The molecule has 1 heterocycles. The van der Waals surface area contributed by atoms with E-state index in [2.05, 4.69) is 17.4 Å². The van der Waals surface area contributed by atoms with E-state index < -0.39 is 0 Å². The highest BCUT2D eigenvalue weighted by molar-refractivity contribution is 5.49. The molecule has 3 rings (SSSR count). The number of nitrogens with one attached hydrogen (secondary N) is 1. The Labute approximate surface area is 97.0 Å². The monoisotopic (exact) mass is 217 g/mol. The fraction of sp³-hybridized carbons (Fsp3) is 0.571. The van der Waals surface area contributed by atoms with Gasteiger partial charge in [0.15, 0.2) is 0 Å². The minimum atomic E-state index is 0.531. The zero-order valence-electron chi connectivity index (χ0n) is 9.88. The van der Waals surface area contributed by atoms with Crippen molar-refractivity contribution in [2.45, 2.75) is 38.1 Å². The van der Waals surface area contributed by atoms with E-state index in [-0.39, 0.29) is 0 Å². The van der Waals surface area contributed by atoms with Crippen LogP contribution in [0.15, 0.2) is 12.1 Å². The van der Waals surface area contributed by atoms with E-state index >= 15 is 0 Å². The molecule has 1 aliphatic carbocycles. The number of fused-ring (bicyclic) bond motifs is 1. The number of benzene rings is 1. The van der Waals surface area contributed by atoms with Crippen molar-refractivity contribution in [1.29, 1.82) is 0 Å². The van der Waals surface area contributed by atoms with Crippen LogP contribution in [-0.4, -0.2) is 13.7 Å². The zero-order valence-corrected chi connectivity index (χ0v) is 9.88. The molecule has 1 aromatic rings. The minimum absolute atomic E-state index is 0.531. The SMILES string of the molecule is COc1ccc2c(c1[C@H]1CCCN1)CCC2. The van der Waals surface area contributed by atoms with Crippen molar-refractivity contribution in [3.63, 3.8) is 0 Å². The van der Waals surface area contributed by atoms with Gasteiger partial charge < -0.3 is 10.1 Å². The van der Waals surface area contributed by atoms with E-state index in [9.17, 15) is 0 Å². The Balaban J connectivity index is 2.08. The van der Waals surface area contributed by atoms with Crippen molar-refractivity contribution in [3.05, 3.63) is 28.8 Å². The number of rotatable bonds is 2. The van der Waals surface area contributed by atoms with E-state index in [1.807, 2.05) is 0 Å². The fourth-order valence-electron chi connectivity index (χ4n) is 3.16. The molecule has 1 aromatic carbocycles. The minimum Gasteiger partial charge on any atom is -0.496 e. The molecule has 1 aliphatic heterocycles. The Morgan fingerprint density at radius 3 is 2.94 bits per heavy atom. The molecule has 2 heteroatoms. The maximum Gasteiger partial charge on any atom is 0.123 e. The fourth-order valence-corrected chi connectivity index (χ4v) is 3.16. The van der Waals surface area contributed by atoms with Gasteiger partial charge in [-0.3, -0.25) is 0 Å². The third kappa shape index (κ3) is 1.52. The molecule has 1 fully saturated rings. The predicted molar refractivity (Wildman–Crippen MR) is 65.0 cm³/mol. The molecule has 16 heavy (non-hydrogen) atoms. The van der Waals surface area contributed by atoms with E-state index in [0.717, 1.165) is 12.3 Å². The molecule has 2 nitrogen and oxygen atoms in total. The molecule has 1 N–H and O–H groups in total. The molecule has 1 atom stereocenters. The normalized spacial score (nSPS) is 23.4. The van der Waals surface area contributed by atoms with Crippen molar-refractivity contribution in [2.24, 2.45) is 0 Å². The molecule has 2 aliphatic rings. The summed E-state index contributed by atoms with van der Waals surface area (Å²) < 4.78 is 5.54. The average Bonchev–Trinajstić information content (AvgIpc) is 2.98. The van der Waals surface area contributed by atoms with Gasteiger partial charge in [0.05, 0.1) is 7.11 Å². The standard InChI is InChI=1S/C14H19NO/c1-16-13-8-7-10-4-2-5-11(10)14(13)12-6-3-9-15-12/h7-8,12,15H,2-6,9H2,1H3/t12-/m1/s1. The highest BCUT2D eigenvalue weighted by atomic mass is 16.5. The smallest absolute Gasteiger partial charge is 0.123 e. The first kappa shape index (κ1) is 10.2. The van der Waals surface area contributed by atoms with Crippen LogP contribution in [0.25, 0.3) is 0 Å². The number of ether oxygens (including phenoxy) is 1. The summed E-state index contributed by atoms with van der Waals surface area (Å²) >= 11 is 0. The van der Waals surface area contributed by atoms with Crippen molar-refractivity contribution < 1.29 is 4.74 Å². The van der Waals surface area contributed by atoms with Crippen LogP contribution in [0.3, 0.4) is 0 Å². The highest BCUT2D eigenvalue weighted by Gasteiger charge is 2.26. The molecule has 0 unspecified atom stereocenters. The Hall–Kier alpha value is -1.02. The van der Waals surface area contributed by atoms with Crippen LogP contribution in [0, 0.1) is 0 Å². The number of hydrogen-bond donors (Lipinski definition) is 1. The van der Waals surface area contributed by atoms with Gasteiger partial charge in [-0.15, -0.1) is 0 Å². The molecule has 0 amide bonds. The van der Waals surface area contributed by atoms with E-state index in [0.29, 0.717) is 6.04 Å². The van der Waals surface area contributed by atoms with Gasteiger partial charge in [-0.25, -0.2) is 0 Å². The second-order valence-corrected chi connectivity index (χ2v) is 4.82. The van der Waals surface area contributed by atoms with Crippen LogP contribution in [0.2, 0.25) is 0 Å². The van der Waals surface area contributed by atoms with Crippen LogP contribution in [0.4, 0.5) is 0 Å². The lowest BCUT2D eigenvalue weighted by molar-refractivity contribution is 0.402. The average molecular weight is 217 g/mol. The van der Waals surface area contributed by atoms with Crippen LogP contribution in [0.1, 0.15) is 42.0 Å². The largest absolute Gasteiger partial charge is 0.496 e. The summed E-state index contributed by atoms with van der Waals surface area (Å²) in [6, 6.07) is 4.93. The van der Waals surface area contributed by atoms with E-state index in [4.69, 9.17) is 4.74 Å². The Morgan fingerprint density at radius 2 is 2.19 bits per heavy atom. The van der Waals surface area contributed by atoms with Gasteiger partial charge in [0.25, 0.3) is 0 Å². The van der Waals surface area contributed by atoms with Crippen molar-refractivity contribution >= 4 is 0 Å². The molecule has 86 valence electrons. The first-order chi connectivity index (χ1) is 7.90. The maximum atomic E-state index is 5.54. The summed E-state index contributed by atoms with van der Waals surface area (Å²) in [5.41, 5.74) is 4.57. The van der Waals surface area contributed by atoms with E-state index in [1.54, 1.807) is 18.2 Å². The summed E-state index contributed by atoms with van der Waals surface area (Å²) in [6.07, 6.45) is 6.34. The van der Waals surface area contributed by atoms with Crippen molar-refractivity contribution in [2.75, 3.05) is 13.7 Å². The Bertz CT molecular complexity index is 394. The summed E-state index contributed by atoms with van der Waals surface area (Å²) in [7, 11) is 1.79. The molecular formula is C14H19NO. The maximum absolute atomic E-state index is 5.54. The number of methoxy groups -OCH3 is 1. The lowest BCUT2D eigenvalue weighted by atomic mass is 9.95. The predicted octanol–water partition coefficient (Wildman–Crippen LogP) is 2.61. The number of hydrogen-bond acceptors (Lipinski definition) is 2. The summed E-state index contributed by atoms with van der Waals surface area (Å²) in [4.78, 5) is 0. The Kier molecular flexibility index (Phi) is 2.60. The summed E-state index contributed by atoms with van der Waals surface area (Å²) in [5.74, 6) is 1.08. The molecule has 0 bridgehead atoms. The lowest BCUT2D eigenvalue weighted by Gasteiger charge is -2.19. The van der Waals surface area contributed by atoms with Crippen LogP contribution in [0.5, 0.6) is 5.75 Å². The third-order valence-corrected chi connectivity index (χ3v) is 3.92. The van der Waals surface area contributed by atoms with Crippen molar-refractivity contribution in [3.8, 4) is 5.75 Å². The second-order valence-electron chi connectivity index (χ2n) is 4.82. The van der Waals surface area contributed by atoms with Crippen LogP contribution >= 0.6 is 0 Å². The van der Waals surface area contributed by atoms with Gasteiger partial charge in [0.1, 0.15) is 5.75 Å². The quantitative estimate of drug-likeness (QED) is 0.822. The molecular weight excluding hydrogens is 198 g/mol. The van der Waals surface area contributed by atoms with Crippen molar-refractivity contribution in [1.82, 2.24) is 5.32 Å². The van der Waals surface area contributed by atoms with Gasteiger partial charge in [-0.1, -0.05) is 6.07 Å². The molecule has 0 saturated carbocycles. The topological polar surface area (TPSA) is 21.3 Å². The number of aryl methyl sites for hydroxylation is 1. The van der Waals surface area contributed by atoms with Crippen LogP contribution in [-0.2, 0) is 12.8 Å². The lowest BCUT2D eigenvalue weighted by Crippen LogP contribution is -2.15. The Morgan fingerprint density at radius 1 is 1.25 bits per heavy atom. The van der Waals surface area contributed by atoms with Crippen LogP contribution < -0.4 is 10.1 Å². The first-order valence-electron chi connectivity index (χ1n) is 6.32. The van der Waals surface area contributed by atoms with Gasteiger partial charge in [-0.2, -0.15) is 0 Å². The van der Waals surface area contributed by atoms with Gasteiger partial charge in [0, 0.05) is 11.6 Å². The third-order valence-electron chi connectivity index (χ3n) is 3.92. The van der Waals surface area contributed by atoms with Gasteiger partial charge in [0.2, 0.25) is 0 Å². The van der Waals surface area contributed by atoms with E-state index in [1.165, 1.54) is 37.7 Å². The highest BCUT2D eigenvalue weighted by Crippen LogP contribution is 2.38. The molecule has 0 spiro atoms. The molecule has 0 aromatic heterocycles. The zero-order chi connectivity index (χ0) is 11.0. The molecule has 1 saturated heterocycles. The first-order valence-corrected chi connectivity index (χ1v) is 6.32.